The van der Waals surface area contributed by atoms with E-state index in [1.807, 2.05) is 12.1 Å². The van der Waals surface area contributed by atoms with Gasteiger partial charge in [0.2, 0.25) is 0 Å². The normalized spacial score (nSPS) is 11.3. The SMILES string of the molecule is CCCCCNC(=NC)NCCc1ccc(OC)cc1O. The first-order valence-corrected chi connectivity index (χ1v) is 7.51. The molecule has 118 valence electrons. The minimum Gasteiger partial charge on any atom is -0.508 e. The average molecular weight is 293 g/mol. The van der Waals surface area contributed by atoms with Gasteiger partial charge in [-0.25, -0.2) is 0 Å². The fourth-order valence-corrected chi connectivity index (χ4v) is 2.00. The Hall–Kier alpha value is -1.91. The highest BCUT2D eigenvalue weighted by atomic mass is 16.5. The number of unbranched alkanes of at least 4 members (excludes halogenated alkanes) is 2. The van der Waals surface area contributed by atoms with E-state index in [4.69, 9.17) is 4.74 Å². The highest BCUT2D eigenvalue weighted by Gasteiger charge is 2.03. The molecule has 0 bridgehead atoms. The van der Waals surface area contributed by atoms with Crippen molar-refractivity contribution in [3.63, 3.8) is 0 Å². The number of methoxy groups -OCH3 is 1. The zero-order valence-corrected chi connectivity index (χ0v) is 13.3. The number of aromatic hydroxyl groups is 1. The van der Waals surface area contributed by atoms with Gasteiger partial charge in [0.05, 0.1) is 7.11 Å². The molecule has 3 N–H and O–H groups in total. The molecule has 5 heteroatoms. The standard InChI is InChI=1S/C16H27N3O2/c1-4-5-6-10-18-16(17-2)19-11-9-13-7-8-14(21-3)12-15(13)20/h7-8,12,20H,4-6,9-11H2,1-3H3,(H2,17,18,19). The van der Waals surface area contributed by atoms with E-state index in [1.165, 1.54) is 12.8 Å². The van der Waals surface area contributed by atoms with Crippen molar-refractivity contribution in [2.75, 3.05) is 27.2 Å². The zero-order chi connectivity index (χ0) is 15.5. The minimum atomic E-state index is 0.266. The molecule has 0 unspecified atom stereocenters. The Kier molecular flexibility index (Phi) is 8.09. The summed E-state index contributed by atoms with van der Waals surface area (Å²) in [7, 11) is 3.35. The van der Waals surface area contributed by atoms with E-state index in [0.717, 1.165) is 30.9 Å². The first-order chi connectivity index (χ1) is 10.2. The second-order valence-electron chi connectivity index (χ2n) is 4.88. The predicted molar refractivity (Wildman–Crippen MR) is 87.3 cm³/mol. The summed E-state index contributed by atoms with van der Waals surface area (Å²) in [5.41, 5.74) is 0.893. The lowest BCUT2D eigenvalue weighted by Crippen LogP contribution is -2.38. The molecule has 5 nitrogen and oxygen atoms in total. The molecular formula is C16H27N3O2. The van der Waals surface area contributed by atoms with Crippen molar-refractivity contribution in [3.05, 3.63) is 23.8 Å². The van der Waals surface area contributed by atoms with Gasteiger partial charge in [-0.1, -0.05) is 25.8 Å². The number of nitrogens with one attached hydrogen (secondary N) is 2. The van der Waals surface area contributed by atoms with Crippen LogP contribution in [0.4, 0.5) is 0 Å². The predicted octanol–water partition coefficient (Wildman–Crippen LogP) is 2.30. The van der Waals surface area contributed by atoms with Gasteiger partial charge < -0.3 is 20.5 Å². The number of benzene rings is 1. The molecule has 0 aromatic heterocycles. The summed E-state index contributed by atoms with van der Waals surface area (Å²) in [4.78, 5) is 4.18. The van der Waals surface area contributed by atoms with Gasteiger partial charge in [0, 0.05) is 26.2 Å². The topological polar surface area (TPSA) is 65.9 Å². The van der Waals surface area contributed by atoms with Crippen molar-refractivity contribution in [1.82, 2.24) is 10.6 Å². The molecule has 0 aliphatic carbocycles. The van der Waals surface area contributed by atoms with Gasteiger partial charge in [-0.3, -0.25) is 4.99 Å². The number of ether oxygens (including phenoxy) is 1. The summed E-state index contributed by atoms with van der Waals surface area (Å²) in [6, 6.07) is 5.37. The maximum absolute atomic E-state index is 9.89. The van der Waals surface area contributed by atoms with E-state index < -0.39 is 0 Å². The molecule has 0 saturated carbocycles. The summed E-state index contributed by atoms with van der Waals surface area (Å²) >= 11 is 0. The van der Waals surface area contributed by atoms with Gasteiger partial charge in [-0.05, 0) is 24.5 Å². The molecule has 0 aliphatic heterocycles. The molecule has 1 rings (SSSR count). The Bertz CT molecular complexity index is 447. The fraction of sp³-hybridized carbons (Fsp3) is 0.562. The maximum Gasteiger partial charge on any atom is 0.190 e. The van der Waals surface area contributed by atoms with Crippen LogP contribution in [0.3, 0.4) is 0 Å². The summed E-state index contributed by atoms with van der Waals surface area (Å²) in [5, 5.41) is 16.4. The average Bonchev–Trinajstić information content (AvgIpc) is 2.51. The number of rotatable bonds is 8. The van der Waals surface area contributed by atoms with Gasteiger partial charge in [-0.2, -0.15) is 0 Å². The Morgan fingerprint density at radius 1 is 1.24 bits per heavy atom. The van der Waals surface area contributed by atoms with Gasteiger partial charge in [0.1, 0.15) is 11.5 Å². The van der Waals surface area contributed by atoms with Crippen LogP contribution < -0.4 is 15.4 Å². The first kappa shape index (κ1) is 17.1. The molecule has 21 heavy (non-hydrogen) atoms. The van der Waals surface area contributed by atoms with E-state index in [1.54, 1.807) is 20.2 Å². The lowest BCUT2D eigenvalue weighted by Gasteiger charge is -2.12. The van der Waals surface area contributed by atoms with Crippen LogP contribution in [0.2, 0.25) is 0 Å². The van der Waals surface area contributed by atoms with Gasteiger partial charge in [0.25, 0.3) is 0 Å². The molecule has 1 aromatic rings. The summed E-state index contributed by atoms with van der Waals surface area (Å²) in [6.45, 7) is 3.84. The van der Waals surface area contributed by atoms with Crippen LogP contribution in [0.1, 0.15) is 31.7 Å². The molecule has 0 radical (unpaired) electrons. The molecule has 0 aliphatic rings. The Morgan fingerprint density at radius 3 is 2.62 bits per heavy atom. The molecular weight excluding hydrogens is 266 g/mol. The van der Waals surface area contributed by atoms with Crippen LogP contribution in [-0.2, 0) is 6.42 Å². The van der Waals surface area contributed by atoms with Gasteiger partial charge in [0.15, 0.2) is 5.96 Å². The van der Waals surface area contributed by atoms with Crippen molar-refractivity contribution >= 4 is 5.96 Å². The van der Waals surface area contributed by atoms with E-state index in [9.17, 15) is 5.11 Å². The van der Waals surface area contributed by atoms with Gasteiger partial charge >= 0.3 is 0 Å². The third-order valence-corrected chi connectivity index (χ3v) is 3.28. The van der Waals surface area contributed by atoms with E-state index in [-0.39, 0.29) is 5.75 Å². The smallest absolute Gasteiger partial charge is 0.190 e. The van der Waals surface area contributed by atoms with Crippen molar-refractivity contribution in [1.29, 1.82) is 0 Å². The summed E-state index contributed by atoms with van der Waals surface area (Å²) < 4.78 is 5.07. The van der Waals surface area contributed by atoms with Gasteiger partial charge in [-0.15, -0.1) is 0 Å². The van der Waals surface area contributed by atoms with E-state index >= 15 is 0 Å². The Morgan fingerprint density at radius 2 is 2.00 bits per heavy atom. The zero-order valence-electron chi connectivity index (χ0n) is 13.3. The second kappa shape index (κ2) is 9.91. The number of phenols is 1. The Labute approximate surface area is 127 Å². The van der Waals surface area contributed by atoms with Crippen LogP contribution in [0.5, 0.6) is 11.5 Å². The number of nitrogens with zero attached hydrogens (tertiary/aromatic N) is 1. The van der Waals surface area contributed by atoms with Crippen LogP contribution in [-0.4, -0.2) is 38.3 Å². The first-order valence-electron chi connectivity index (χ1n) is 7.51. The summed E-state index contributed by atoms with van der Waals surface area (Å²) in [6.07, 6.45) is 4.32. The number of aliphatic imine (C=N–C) groups is 1. The highest BCUT2D eigenvalue weighted by molar-refractivity contribution is 5.79. The number of hydrogen-bond acceptors (Lipinski definition) is 3. The summed E-state index contributed by atoms with van der Waals surface area (Å²) in [5.74, 6) is 1.73. The lowest BCUT2D eigenvalue weighted by molar-refractivity contribution is 0.406. The highest BCUT2D eigenvalue weighted by Crippen LogP contribution is 2.23. The van der Waals surface area contributed by atoms with Crippen molar-refractivity contribution < 1.29 is 9.84 Å². The fourth-order valence-electron chi connectivity index (χ4n) is 2.00. The van der Waals surface area contributed by atoms with E-state index in [2.05, 4.69) is 22.5 Å². The van der Waals surface area contributed by atoms with E-state index in [0.29, 0.717) is 12.3 Å². The van der Waals surface area contributed by atoms with Crippen LogP contribution in [0.15, 0.2) is 23.2 Å². The van der Waals surface area contributed by atoms with Crippen molar-refractivity contribution in [3.8, 4) is 11.5 Å². The third-order valence-electron chi connectivity index (χ3n) is 3.28. The Balaban J connectivity index is 2.34. The third kappa shape index (κ3) is 6.38. The lowest BCUT2D eigenvalue weighted by atomic mass is 10.1. The number of guanidine groups is 1. The molecule has 0 atom stereocenters. The quantitative estimate of drug-likeness (QED) is 0.391. The van der Waals surface area contributed by atoms with Crippen molar-refractivity contribution in [2.45, 2.75) is 32.6 Å². The van der Waals surface area contributed by atoms with Crippen LogP contribution in [0.25, 0.3) is 0 Å². The largest absolute Gasteiger partial charge is 0.508 e. The molecule has 1 aromatic carbocycles. The molecule has 0 amide bonds. The molecule has 0 saturated heterocycles. The molecule has 0 spiro atoms. The minimum absolute atomic E-state index is 0.266. The maximum atomic E-state index is 9.89. The number of phenolic OH excluding ortho intramolecular Hbond substituents is 1. The van der Waals surface area contributed by atoms with Crippen LogP contribution >= 0.6 is 0 Å². The van der Waals surface area contributed by atoms with Crippen LogP contribution in [0, 0.1) is 0 Å². The monoisotopic (exact) mass is 293 g/mol. The van der Waals surface area contributed by atoms with Crippen molar-refractivity contribution in [2.24, 2.45) is 4.99 Å². The number of hydrogen-bond donors (Lipinski definition) is 3. The molecule has 0 fully saturated rings. The second-order valence-corrected chi connectivity index (χ2v) is 4.88. The molecule has 0 heterocycles.